The number of hydrogen-bond acceptors (Lipinski definition) is 3. The van der Waals surface area contributed by atoms with Gasteiger partial charge in [-0.15, -0.1) is 5.92 Å². The molecule has 0 spiro atoms. The fourth-order valence-corrected chi connectivity index (χ4v) is 2.65. The van der Waals surface area contributed by atoms with Crippen molar-refractivity contribution in [2.24, 2.45) is 5.92 Å². The van der Waals surface area contributed by atoms with Crippen molar-refractivity contribution in [2.45, 2.75) is 58.5 Å². The predicted molar refractivity (Wildman–Crippen MR) is 75.9 cm³/mol. The molecule has 0 aliphatic heterocycles. The van der Waals surface area contributed by atoms with Crippen molar-refractivity contribution >= 4 is 0 Å². The molecule has 102 valence electrons. The van der Waals surface area contributed by atoms with E-state index in [2.05, 4.69) is 21.8 Å². The van der Waals surface area contributed by atoms with Gasteiger partial charge in [-0.05, 0) is 26.2 Å². The van der Waals surface area contributed by atoms with E-state index in [4.69, 9.17) is 4.74 Å². The molecule has 1 saturated carbocycles. The van der Waals surface area contributed by atoms with Gasteiger partial charge in [-0.3, -0.25) is 0 Å². The van der Waals surface area contributed by atoms with Crippen LogP contribution in [0.25, 0.3) is 0 Å². The molecule has 0 radical (unpaired) electrons. The van der Waals surface area contributed by atoms with Crippen LogP contribution in [0.3, 0.4) is 0 Å². The van der Waals surface area contributed by atoms with Crippen LogP contribution >= 0.6 is 0 Å². The Balaban J connectivity index is 1.95. The zero-order valence-corrected chi connectivity index (χ0v) is 11.9. The van der Waals surface area contributed by atoms with E-state index in [0.29, 0.717) is 5.88 Å². The largest absolute Gasteiger partial charge is 0.461 e. The maximum Gasteiger partial charge on any atom is 0.217 e. The number of ether oxygens (including phenoxy) is 1. The van der Waals surface area contributed by atoms with Crippen LogP contribution in [-0.2, 0) is 6.42 Å². The van der Waals surface area contributed by atoms with Gasteiger partial charge in [0.15, 0.2) is 6.10 Å². The topological polar surface area (TPSA) is 35.0 Å². The normalized spacial score (nSPS) is 17.4. The highest BCUT2D eigenvalue weighted by molar-refractivity contribution is 5.16. The molecule has 1 unspecified atom stereocenters. The Kier molecular flexibility index (Phi) is 5.20. The van der Waals surface area contributed by atoms with Gasteiger partial charge in [0, 0.05) is 11.8 Å². The molecular formula is C16H22N2O. The van der Waals surface area contributed by atoms with Gasteiger partial charge in [-0.1, -0.05) is 38.0 Å². The van der Waals surface area contributed by atoms with Crippen LogP contribution in [0.1, 0.15) is 51.6 Å². The lowest BCUT2D eigenvalue weighted by Gasteiger charge is -2.21. The first-order valence-corrected chi connectivity index (χ1v) is 7.18. The summed E-state index contributed by atoms with van der Waals surface area (Å²) in [5.74, 6) is 7.23. The monoisotopic (exact) mass is 258 g/mol. The minimum Gasteiger partial charge on any atom is -0.461 e. The molecule has 1 fully saturated rings. The second kappa shape index (κ2) is 7.13. The number of hydrogen-bond donors (Lipinski definition) is 0. The highest BCUT2D eigenvalue weighted by Gasteiger charge is 2.15. The summed E-state index contributed by atoms with van der Waals surface area (Å²) in [7, 11) is 0. The van der Waals surface area contributed by atoms with Crippen molar-refractivity contribution in [2.75, 3.05) is 0 Å². The Morgan fingerprint density at radius 2 is 2.11 bits per heavy atom. The number of nitrogens with zero attached hydrogens (tertiary/aromatic N) is 2. The van der Waals surface area contributed by atoms with Crippen LogP contribution in [0.5, 0.6) is 5.88 Å². The summed E-state index contributed by atoms with van der Waals surface area (Å²) in [5.41, 5.74) is 1.09. The third-order valence-corrected chi connectivity index (χ3v) is 3.57. The molecule has 1 heterocycles. The van der Waals surface area contributed by atoms with E-state index in [1.165, 1.54) is 32.1 Å². The maximum atomic E-state index is 5.66. The lowest BCUT2D eigenvalue weighted by Crippen LogP contribution is -2.12. The molecule has 1 atom stereocenters. The van der Waals surface area contributed by atoms with Gasteiger partial charge in [-0.2, -0.15) is 0 Å². The van der Waals surface area contributed by atoms with Gasteiger partial charge in [0.2, 0.25) is 5.88 Å². The Labute approximate surface area is 115 Å². The third kappa shape index (κ3) is 4.55. The average Bonchev–Trinajstić information content (AvgIpc) is 2.40. The molecule has 0 aromatic carbocycles. The van der Waals surface area contributed by atoms with E-state index in [1.807, 2.05) is 19.9 Å². The van der Waals surface area contributed by atoms with Crippen LogP contribution < -0.4 is 4.74 Å². The van der Waals surface area contributed by atoms with Gasteiger partial charge >= 0.3 is 0 Å². The van der Waals surface area contributed by atoms with Gasteiger partial charge in [0.1, 0.15) is 6.33 Å². The summed E-state index contributed by atoms with van der Waals surface area (Å²) in [6.45, 7) is 3.74. The number of aromatic nitrogens is 2. The second-order valence-electron chi connectivity index (χ2n) is 5.21. The van der Waals surface area contributed by atoms with E-state index in [1.54, 1.807) is 6.33 Å². The highest BCUT2D eigenvalue weighted by atomic mass is 16.5. The van der Waals surface area contributed by atoms with E-state index in [9.17, 15) is 0 Å². The summed E-state index contributed by atoms with van der Waals surface area (Å²) in [5, 5.41) is 0. The molecule has 0 bridgehead atoms. The molecule has 3 heteroatoms. The Morgan fingerprint density at radius 3 is 2.84 bits per heavy atom. The van der Waals surface area contributed by atoms with Crippen molar-refractivity contribution in [3.05, 3.63) is 18.1 Å². The third-order valence-electron chi connectivity index (χ3n) is 3.57. The zero-order chi connectivity index (χ0) is 13.5. The fourth-order valence-electron chi connectivity index (χ4n) is 2.65. The molecule has 3 nitrogen and oxygen atoms in total. The minimum atomic E-state index is -0.123. The molecular weight excluding hydrogens is 236 g/mol. The van der Waals surface area contributed by atoms with E-state index in [-0.39, 0.29) is 6.10 Å². The van der Waals surface area contributed by atoms with Crippen molar-refractivity contribution in [3.63, 3.8) is 0 Å². The summed E-state index contributed by atoms with van der Waals surface area (Å²) < 4.78 is 5.66. The SMILES string of the molecule is CC#CC(C)Oc1cc(CC2CCCCC2)ncn1. The Hall–Kier alpha value is -1.56. The first-order chi connectivity index (χ1) is 9.28. The second-order valence-corrected chi connectivity index (χ2v) is 5.21. The molecule has 1 aromatic rings. The van der Waals surface area contributed by atoms with Crippen molar-refractivity contribution in [3.8, 4) is 17.7 Å². The van der Waals surface area contributed by atoms with Crippen molar-refractivity contribution < 1.29 is 4.74 Å². The van der Waals surface area contributed by atoms with Crippen molar-refractivity contribution in [1.82, 2.24) is 9.97 Å². The lowest BCUT2D eigenvalue weighted by atomic mass is 9.86. The van der Waals surface area contributed by atoms with E-state index < -0.39 is 0 Å². The average molecular weight is 258 g/mol. The first-order valence-electron chi connectivity index (χ1n) is 7.18. The molecule has 0 amide bonds. The summed E-state index contributed by atoms with van der Waals surface area (Å²) in [4.78, 5) is 8.51. The number of rotatable bonds is 4. The van der Waals surface area contributed by atoms with Crippen LogP contribution in [-0.4, -0.2) is 16.1 Å². The summed E-state index contributed by atoms with van der Waals surface area (Å²) >= 11 is 0. The quantitative estimate of drug-likeness (QED) is 0.776. The van der Waals surface area contributed by atoms with E-state index >= 15 is 0 Å². The summed E-state index contributed by atoms with van der Waals surface area (Å²) in [6, 6.07) is 1.96. The Bertz CT molecular complexity index is 455. The molecule has 0 saturated heterocycles. The maximum absolute atomic E-state index is 5.66. The van der Waals surface area contributed by atoms with Crippen molar-refractivity contribution in [1.29, 1.82) is 0 Å². The minimum absolute atomic E-state index is 0.123. The van der Waals surface area contributed by atoms with Gasteiger partial charge < -0.3 is 4.74 Å². The zero-order valence-electron chi connectivity index (χ0n) is 11.9. The standard InChI is InChI=1S/C16H22N2O/c1-3-7-13(2)19-16-11-15(17-12-18-16)10-14-8-5-4-6-9-14/h11-14H,4-6,8-10H2,1-2H3. The molecule has 0 N–H and O–H groups in total. The smallest absolute Gasteiger partial charge is 0.217 e. The first kappa shape index (κ1) is 13.9. The molecule has 19 heavy (non-hydrogen) atoms. The van der Waals surface area contributed by atoms with Crippen LogP contribution in [0.2, 0.25) is 0 Å². The van der Waals surface area contributed by atoms with Gasteiger partial charge in [-0.25, -0.2) is 9.97 Å². The molecule has 1 aliphatic carbocycles. The molecule has 1 aliphatic rings. The Morgan fingerprint density at radius 1 is 1.32 bits per heavy atom. The van der Waals surface area contributed by atoms with Crippen LogP contribution in [0.4, 0.5) is 0 Å². The highest BCUT2D eigenvalue weighted by Crippen LogP contribution is 2.26. The predicted octanol–water partition coefficient (Wildman–Crippen LogP) is 3.39. The van der Waals surface area contributed by atoms with Crippen LogP contribution in [0.15, 0.2) is 12.4 Å². The molecule has 1 aromatic heterocycles. The van der Waals surface area contributed by atoms with Crippen LogP contribution in [0, 0.1) is 17.8 Å². The lowest BCUT2D eigenvalue weighted by molar-refractivity contribution is 0.266. The van der Waals surface area contributed by atoms with E-state index in [0.717, 1.165) is 18.0 Å². The fraction of sp³-hybridized carbons (Fsp3) is 0.625. The van der Waals surface area contributed by atoms with Gasteiger partial charge in [0.25, 0.3) is 0 Å². The molecule has 2 rings (SSSR count). The van der Waals surface area contributed by atoms with Gasteiger partial charge in [0.05, 0.1) is 0 Å². The summed E-state index contributed by atoms with van der Waals surface area (Å²) in [6.07, 6.45) is 9.30.